The molecule has 1 heterocycles. The van der Waals surface area contributed by atoms with Crippen LogP contribution in [0.25, 0.3) is 0 Å². The normalized spacial score (nSPS) is 20.8. The van der Waals surface area contributed by atoms with Gasteiger partial charge in [-0.2, -0.15) is 0 Å². The van der Waals surface area contributed by atoms with Crippen molar-refractivity contribution in [2.75, 3.05) is 0 Å². The first kappa shape index (κ1) is 30.7. The van der Waals surface area contributed by atoms with E-state index in [0.717, 1.165) is 63.0 Å². The second-order valence-electron chi connectivity index (χ2n) is 11.1. The van der Waals surface area contributed by atoms with Gasteiger partial charge >= 0.3 is 245 Å². The van der Waals surface area contributed by atoms with Gasteiger partial charge in [0.15, 0.2) is 0 Å². The van der Waals surface area contributed by atoms with Gasteiger partial charge < -0.3 is 0 Å². The molecule has 1 saturated heterocycles. The van der Waals surface area contributed by atoms with Crippen molar-refractivity contribution in [1.29, 1.82) is 0 Å². The molecular weight excluding hydrogens is 627 g/mol. The number of benzene rings is 3. The van der Waals surface area contributed by atoms with E-state index in [-0.39, 0.29) is 16.6 Å². The minimum absolute atomic E-state index is 0.110. The summed E-state index contributed by atoms with van der Waals surface area (Å²) in [4.78, 5) is 11.0. The van der Waals surface area contributed by atoms with Crippen molar-refractivity contribution in [1.82, 2.24) is 4.31 Å². The molecule has 0 spiro atoms. The van der Waals surface area contributed by atoms with E-state index >= 15 is 0 Å². The molecule has 0 aliphatic carbocycles. The van der Waals surface area contributed by atoms with Crippen molar-refractivity contribution in [3.63, 3.8) is 0 Å². The molecule has 40 heavy (non-hydrogen) atoms. The van der Waals surface area contributed by atoms with Gasteiger partial charge in [-0.15, -0.1) is 0 Å². The van der Waals surface area contributed by atoms with Gasteiger partial charge in [0.1, 0.15) is 0 Å². The molecule has 0 radical (unpaired) electrons. The van der Waals surface area contributed by atoms with Crippen molar-refractivity contribution >= 4 is 34.1 Å². The van der Waals surface area contributed by atoms with Crippen LogP contribution in [0, 0.1) is 10.1 Å². The number of hydrogen-bond donors (Lipinski definition) is 0. The first-order valence-corrected chi connectivity index (χ1v) is 23.6. The number of nitro groups is 1. The molecule has 3 atom stereocenters. The van der Waals surface area contributed by atoms with Crippen LogP contribution in [0.4, 0.5) is 5.69 Å². The topological polar surface area (TPSA) is 80.3 Å². The minimum atomic E-state index is -3.96. The Balaban J connectivity index is 2.02. The Morgan fingerprint density at radius 3 is 1.70 bits per heavy atom. The Morgan fingerprint density at radius 1 is 0.775 bits per heavy atom. The molecule has 1 aliphatic rings. The van der Waals surface area contributed by atoms with Crippen LogP contribution in [0.2, 0.25) is 13.3 Å². The van der Waals surface area contributed by atoms with Crippen molar-refractivity contribution in [3.05, 3.63) is 106 Å². The van der Waals surface area contributed by atoms with Crippen LogP contribution >= 0.6 is 0 Å². The molecule has 3 aromatic carbocycles. The summed E-state index contributed by atoms with van der Waals surface area (Å²) in [5.74, 6) is 0. The zero-order chi connectivity index (χ0) is 28.8. The van der Waals surface area contributed by atoms with E-state index in [1.165, 1.54) is 24.3 Å². The summed E-state index contributed by atoms with van der Waals surface area (Å²) in [6.07, 6.45) is 6.62. The second-order valence-corrected chi connectivity index (χ2v) is 26.7. The van der Waals surface area contributed by atoms with E-state index in [1.807, 2.05) is 40.7 Å². The van der Waals surface area contributed by atoms with E-state index < -0.39 is 36.9 Å². The molecule has 3 aromatic rings. The molecule has 0 N–H and O–H groups in total. The summed E-state index contributed by atoms with van der Waals surface area (Å²) < 4.78 is 34.1. The summed E-state index contributed by atoms with van der Waals surface area (Å²) in [5.41, 5.74) is 2.04. The first-order valence-electron chi connectivity index (χ1n) is 14.7. The molecule has 4 rings (SSSR count). The third-order valence-corrected chi connectivity index (χ3v) is 29.2. The Kier molecular flexibility index (Phi) is 10.1. The van der Waals surface area contributed by atoms with Gasteiger partial charge in [-0.1, -0.05) is 0 Å². The van der Waals surface area contributed by atoms with Crippen LogP contribution in [0.15, 0.2) is 89.8 Å². The quantitative estimate of drug-likeness (QED) is 0.0703. The van der Waals surface area contributed by atoms with E-state index in [0.29, 0.717) is 0 Å². The average molecular weight is 669 g/mol. The van der Waals surface area contributed by atoms with Gasteiger partial charge in [0.2, 0.25) is 0 Å². The molecule has 6 nitrogen and oxygen atoms in total. The Hall–Kier alpha value is -2.23. The van der Waals surface area contributed by atoms with Crippen LogP contribution in [-0.2, 0) is 13.6 Å². The Bertz CT molecular complexity index is 1350. The summed E-state index contributed by atoms with van der Waals surface area (Å²) in [6, 6.07) is 25.7. The first-order chi connectivity index (χ1) is 19.3. The molecule has 0 saturated carbocycles. The number of unbranched alkanes of at least 4 members (excludes halogenated alkanes) is 3. The zero-order valence-corrected chi connectivity index (χ0v) is 27.6. The van der Waals surface area contributed by atoms with Crippen LogP contribution in [0.3, 0.4) is 0 Å². The van der Waals surface area contributed by atoms with Gasteiger partial charge in [0, 0.05) is 0 Å². The zero-order valence-electron chi connectivity index (χ0n) is 24.0. The molecule has 0 bridgehead atoms. The number of nitrogens with zero attached hydrogens (tertiary/aromatic N) is 2. The van der Waals surface area contributed by atoms with E-state index in [1.54, 1.807) is 0 Å². The molecular formula is C32H42N2O4SSn. The van der Waals surface area contributed by atoms with Crippen LogP contribution in [0.5, 0.6) is 0 Å². The second kappa shape index (κ2) is 13.2. The Labute approximate surface area is 243 Å². The third kappa shape index (κ3) is 5.61. The van der Waals surface area contributed by atoms with E-state index in [9.17, 15) is 18.5 Å². The van der Waals surface area contributed by atoms with Gasteiger partial charge in [-0.3, -0.25) is 0 Å². The molecule has 1 unspecified atom stereocenters. The van der Waals surface area contributed by atoms with Crippen LogP contribution in [0.1, 0.15) is 76.5 Å². The van der Waals surface area contributed by atoms with E-state index in [4.69, 9.17) is 0 Å². The molecule has 214 valence electrons. The van der Waals surface area contributed by atoms with Gasteiger partial charge in [0.05, 0.1) is 0 Å². The molecule has 1 aliphatic heterocycles. The van der Waals surface area contributed by atoms with Crippen molar-refractivity contribution in [2.24, 2.45) is 0 Å². The van der Waals surface area contributed by atoms with Crippen LogP contribution in [-0.4, -0.2) is 36.0 Å². The molecule has 1 fully saturated rings. The summed E-state index contributed by atoms with van der Waals surface area (Å²) in [5, 5.41) is 11.3. The molecule has 8 heteroatoms. The number of rotatable bonds is 15. The monoisotopic (exact) mass is 670 g/mol. The Morgan fingerprint density at radius 2 is 1.25 bits per heavy atom. The fraction of sp³-hybridized carbons (Fsp3) is 0.438. The fourth-order valence-corrected chi connectivity index (χ4v) is 31.6. The standard InChI is InChI=1S/C20H15N2O4S.3C4H9.Sn/c23-22(24)17-11-13-18(14-12-17)27(25,26)21-19(15-7-3-1-4-8-15)20(21)16-9-5-2-6-10-16;3*1-3-4-2;/h1-14,19H;3*1,3-4H2,2H3;/t19-,21?;;;;/m0..../s1. The third-order valence-electron chi connectivity index (χ3n) is 8.68. The number of nitro benzene ring substituents is 1. The van der Waals surface area contributed by atoms with Gasteiger partial charge in [-0.05, 0) is 0 Å². The summed E-state index contributed by atoms with van der Waals surface area (Å²) in [7, 11) is -3.96. The predicted molar refractivity (Wildman–Crippen MR) is 164 cm³/mol. The SMILES string of the molecule is CCC[CH2][Sn]([CH2]CCC)([CH2]CCC)[C@@]1(c2ccccc2)[C@H](c2ccccc2)N1S(=O)(=O)c1ccc([N+](=O)[O-])cc1. The fourth-order valence-electron chi connectivity index (χ4n) is 6.76. The molecule has 0 amide bonds. The van der Waals surface area contributed by atoms with Crippen molar-refractivity contribution in [2.45, 2.75) is 87.1 Å². The van der Waals surface area contributed by atoms with Gasteiger partial charge in [-0.25, -0.2) is 0 Å². The molecule has 0 aromatic heterocycles. The van der Waals surface area contributed by atoms with Crippen molar-refractivity contribution in [3.8, 4) is 0 Å². The van der Waals surface area contributed by atoms with Crippen molar-refractivity contribution < 1.29 is 13.3 Å². The maximum atomic E-state index is 14.7. The number of sulfonamides is 1. The predicted octanol–water partition coefficient (Wildman–Crippen LogP) is 8.62. The van der Waals surface area contributed by atoms with E-state index in [2.05, 4.69) is 45.0 Å². The van der Waals surface area contributed by atoms with Crippen LogP contribution < -0.4 is 0 Å². The summed E-state index contributed by atoms with van der Waals surface area (Å²) in [6.45, 7) is 6.70. The maximum absolute atomic E-state index is 14.7. The number of non-ortho nitro benzene ring substituents is 1. The summed E-state index contributed by atoms with van der Waals surface area (Å²) >= 11 is -3.42. The average Bonchev–Trinajstić information content (AvgIpc) is 3.71. The number of hydrogen-bond acceptors (Lipinski definition) is 4. The van der Waals surface area contributed by atoms with Gasteiger partial charge in [0.25, 0.3) is 0 Å².